The van der Waals surface area contributed by atoms with Crippen LogP contribution in [0.4, 0.5) is 0 Å². The molecule has 0 aliphatic carbocycles. The first kappa shape index (κ1) is 15.5. The van der Waals surface area contributed by atoms with Crippen LogP contribution >= 0.6 is 0 Å². The monoisotopic (exact) mass is 226 g/mol. The number of rotatable bonds is 12. The fourth-order valence-corrected chi connectivity index (χ4v) is 1.56. The van der Waals surface area contributed by atoms with Gasteiger partial charge in [-0.2, -0.15) is 0 Å². The molecule has 94 valence electrons. The van der Waals surface area contributed by atoms with Crippen LogP contribution in [0, 0.1) is 12.3 Å². The Morgan fingerprint density at radius 3 is 2.12 bits per heavy atom. The maximum atomic E-state index is 5.26. The molecule has 0 radical (unpaired) electrons. The van der Waals surface area contributed by atoms with Crippen molar-refractivity contribution in [2.75, 3.05) is 20.0 Å². The molecule has 0 amide bonds. The SMILES string of the molecule is C#CCOCOCCCCCCCCCC. The summed E-state index contributed by atoms with van der Waals surface area (Å²) in [7, 11) is 0. The Hall–Kier alpha value is -0.520. The first-order valence-corrected chi connectivity index (χ1v) is 6.50. The molecule has 0 aromatic heterocycles. The third-order valence-corrected chi connectivity index (χ3v) is 2.49. The molecular weight excluding hydrogens is 200 g/mol. The van der Waals surface area contributed by atoms with Crippen molar-refractivity contribution >= 4 is 0 Å². The van der Waals surface area contributed by atoms with Crippen molar-refractivity contribution in [2.45, 2.75) is 58.3 Å². The third kappa shape index (κ3) is 13.5. The Balaban J connectivity index is 2.86. The van der Waals surface area contributed by atoms with Gasteiger partial charge in [0, 0.05) is 6.61 Å². The Labute approximate surface area is 101 Å². The van der Waals surface area contributed by atoms with Crippen molar-refractivity contribution in [3.8, 4) is 12.3 Å². The Morgan fingerprint density at radius 1 is 0.875 bits per heavy atom. The average molecular weight is 226 g/mol. The lowest BCUT2D eigenvalue weighted by molar-refractivity contribution is -0.0431. The van der Waals surface area contributed by atoms with Gasteiger partial charge in [0.25, 0.3) is 0 Å². The lowest BCUT2D eigenvalue weighted by Gasteiger charge is -2.03. The van der Waals surface area contributed by atoms with Gasteiger partial charge in [0.2, 0.25) is 0 Å². The molecule has 0 unspecified atom stereocenters. The van der Waals surface area contributed by atoms with Crippen molar-refractivity contribution < 1.29 is 9.47 Å². The summed E-state index contributed by atoms with van der Waals surface area (Å²) in [5, 5.41) is 0. The van der Waals surface area contributed by atoms with E-state index in [4.69, 9.17) is 15.9 Å². The summed E-state index contributed by atoms with van der Waals surface area (Å²) >= 11 is 0. The number of ether oxygens (including phenoxy) is 2. The third-order valence-electron chi connectivity index (χ3n) is 2.49. The molecule has 0 saturated heterocycles. The highest BCUT2D eigenvalue weighted by molar-refractivity contribution is 4.82. The van der Waals surface area contributed by atoms with Gasteiger partial charge in [-0.3, -0.25) is 0 Å². The molecule has 0 saturated carbocycles. The van der Waals surface area contributed by atoms with E-state index in [1.807, 2.05) is 0 Å². The standard InChI is InChI=1S/C14H26O2/c1-3-5-6-7-8-9-10-11-13-16-14-15-12-4-2/h2H,3,5-14H2,1H3. The zero-order chi connectivity index (χ0) is 11.9. The van der Waals surface area contributed by atoms with Gasteiger partial charge >= 0.3 is 0 Å². The van der Waals surface area contributed by atoms with Crippen LogP contribution < -0.4 is 0 Å². The van der Waals surface area contributed by atoms with Crippen molar-refractivity contribution in [3.05, 3.63) is 0 Å². The minimum atomic E-state index is 0.334. The van der Waals surface area contributed by atoms with E-state index in [-0.39, 0.29) is 0 Å². The predicted octanol–water partition coefficient (Wildman–Crippen LogP) is 3.75. The maximum Gasteiger partial charge on any atom is 0.148 e. The second-order valence-corrected chi connectivity index (χ2v) is 4.05. The molecule has 2 heteroatoms. The molecule has 0 heterocycles. The Kier molecular flexibility index (Phi) is 14.0. The topological polar surface area (TPSA) is 18.5 Å². The minimum absolute atomic E-state index is 0.334. The van der Waals surface area contributed by atoms with Crippen molar-refractivity contribution in [2.24, 2.45) is 0 Å². The number of hydrogen-bond donors (Lipinski definition) is 0. The zero-order valence-electron chi connectivity index (χ0n) is 10.7. The van der Waals surface area contributed by atoms with E-state index in [0.717, 1.165) is 13.0 Å². The Bertz CT molecular complexity index is 161. The van der Waals surface area contributed by atoms with E-state index in [9.17, 15) is 0 Å². The van der Waals surface area contributed by atoms with Crippen LogP contribution in [0.2, 0.25) is 0 Å². The van der Waals surface area contributed by atoms with E-state index < -0.39 is 0 Å². The van der Waals surface area contributed by atoms with Crippen molar-refractivity contribution in [1.82, 2.24) is 0 Å². The van der Waals surface area contributed by atoms with Crippen molar-refractivity contribution in [3.63, 3.8) is 0 Å². The minimum Gasteiger partial charge on any atom is -0.355 e. The molecule has 0 bridgehead atoms. The van der Waals surface area contributed by atoms with Crippen LogP contribution in [-0.2, 0) is 9.47 Å². The van der Waals surface area contributed by atoms with Gasteiger partial charge in [-0.05, 0) is 6.42 Å². The summed E-state index contributed by atoms with van der Waals surface area (Å²) in [4.78, 5) is 0. The van der Waals surface area contributed by atoms with E-state index in [1.54, 1.807) is 0 Å². The van der Waals surface area contributed by atoms with E-state index in [1.165, 1.54) is 44.9 Å². The highest BCUT2D eigenvalue weighted by Crippen LogP contribution is 2.08. The molecular formula is C14H26O2. The van der Waals surface area contributed by atoms with E-state index in [2.05, 4.69) is 12.8 Å². The molecule has 2 nitrogen and oxygen atoms in total. The smallest absolute Gasteiger partial charge is 0.148 e. The maximum absolute atomic E-state index is 5.26. The van der Waals surface area contributed by atoms with E-state index in [0.29, 0.717) is 13.4 Å². The number of terminal acetylenes is 1. The molecule has 0 atom stereocenters. The number of unbranched alkanes of at least 4 members (excludes halogenated alkanes) is 7. The Morgan fingerprint density at radius 2 is 1.50 bits per heavy atom. The van der Waals surface area contributed by atoms with E-state index >= 15 is 0 Å². The molecule has 0 spiro atoms. The van der Waals surface area contributed by atoms with Gasteiger partial charge in [0.05, 0.1) is 0 Å². The second kappa shape index (κ2) is 14.5. The largest absolute Gasteiger partial charge is 0.355 e. The highest BCUT2D eigenvalue weighted by atomic mass is 16.7. The second-order valence-electron chi connectivity index (χ2n) is 4.05. The molecule has 0 aromatic rings. The molecule has 16 heavy (non-hydrogen) atoms. The fraction of sp³-hybridized carbons (Fsp3) is 0.857. The molecule has 0 N–H and O–H groups in total. The first-order chi connectivity index (χ1) is 7.91. The average Bonchev–Trinajstić information content (AvgIpc) is 2.31. The van der Waals surface area contributed by atoms with Gasteiger partial charge in [-0.25, -0.2) is 0 Å². The highest BCUT2D eigenvalue weighted by Gasteiger charge is 1.92. The summed E-state index contributed by atoms with van der Waals surface area (Å²) in [6.45, 7) is 3.72. The zero-order valence-corrected chi connectivity index (χ0v) is 10.7. The van der Waals surface area contributed by atoms with Crippen molar-refractivity contribution in [1.29, 1.82) is 0 Å². The van der Waals surface area contributed by atoms with Crippen LogP contribution in [0.25, 0.3) is 0 Å². The molecule has 0 fully saturated rings. The van der Waals surface area contributed by atoms with Gasteiger partial charge in [0.1, 0.15) is 13.4 Å². The van der Waals surface area contributed by atoms with Crippen LogP contribution in [-0.4, -0.2) is 20.0 Å². The summed E-state index contributed by atoms with van der Waals surface area (Å²) in [6.07, 6.45) is 15.6. The van der Waals surface area contributed by atoms with Crippen LogP contribution in [0.15, 0.2) is 0 Å². The molecule has 0 rings (SSSR count). The lowest BCUT2D eigenvalue weighted by atomic mass is 10.1. The summed E-state index contributed by atoms with van der Waals surface area (Å²) in [5.41, 5.74) is 0. The van der Waals surface area contributed by atoms with Gasteiger partial charge in [0.15, 0.2) is 0 Å². The quantitative estimate of drug-likeness (QED) is 0.287. The summed E-state index contributed by atoms with van der Waals surface area (Å²) in [5.74, 6) is 2.40. The lowest BCUT2D eigenvalue weighted by Crippen LogP contribution is -2.01. The normalized spacial score (nSPS) is 10.2. The van der Waals surface area contributed by atoms with Gasteiger partial charge < -0.3 is 9.47 Å². The molecule has 0 aliphatic heterocycles. The fourth-order valence-electron chi connectivity index (χ4n) is 1.56. The molecule has 0 aromatic carbocycles. The van der Waals surface area contributed by atoms with Gasteiger partial charge in [-0.1, -0.05) is 57.8 Å². The van der Waals surface area contributed by atoms with Gasteiger partial charge in [-0.15, -0.1) is 6.42 Å². The van der Waals surface area contributed by atoms with Crippen LogP contribution in [0.3, 0.4) is 0 Å². The summed E-state index contributed by atoms with van der Waals surface area (Å²) in [6, 6.07) is 0. The number of hydrogen-bond acceptors (Lipinski definition) is 2. The summed E-state index contributed by atoms with van der Waals surface area (Å²) < 4.78 is 10.3. The van der Waals surface area contributed by atoms with Crippen LogP contribution in [0.5, 0.6) is 0 Å². The predicted molar refractivity (Wildman–Crippen MR) is 68.2 cm³/mol. The first-order valence-electron chi connectivity index (χ1n) is 6.50. The molecule has 0 aliphatic rings. The van der Waals surface area contributed by atoms with Crippen LogP contribution in [0.1, 0.15) is 58.3 Å².